The third-order valence-corrected chi connectivity index (χ3v) is 3.57. The van der Waals surface area contributed by atoms with E-state index < -0.39 is 6.10 Å². The largest absolute Gasteiger partial charge is 0.388 e. The lowest BCUT2D eigenvalue weighted by Gasteiger charge is -2.09. The molecule has 0 aliphatic heterocycles. The molecule has 3 heteroatoms. The first-order valence-corrected chi connectivity index (χ1v) is 6.12. The lowest BCUT2D eigenvalue weighted by atomic mass is 10.0. The molecule has 0 aliphatic rings. The second kappa shape index (κ2) is 4.76. The van der Waals surface area contributed by atoms with Crippen molar-refractivity contribution in [1.29, 1.82) is 0 Å². The number of aromatic nitrogens is 1. The number of aryl methyl sites for hydroxylation is 2. The smallest absolute Gasteiger partial charge is 0.0841 e. The highest BCUT2D eigenvalue weighted by atomic mass is 32.1. The molecule has 0 fully saturated rings. The molecular formula is C13H15NOS. The summed E-state index contributed by atoms with van der Waals surface area (Å²) in [5.74, 6) is 0. The van der Waals surface area contributed by atoms with Crippen LogP contribution in [0.1, 0.15) is 27.0 Å². The van der Waals surface area contributed by atoms with Crippen LogP contribution in [0.5, 0.6) is 0 Å². The van der Waals surface area contributed by atoms with Gasteiger partial charge in [-0.25, -0.2) is 0 Å². The highest BCUT2D eigenvalue weighted by molar-refractivity contribution is 7.12. The topological polar surface area (TPSA) is 33.1 Å². The van der Waals surface area contributed by atoms with E-state index in [0.717, 1.165) is 11.1 Å². The van der Waals surface area contributed by atoms with Gasteiger partial charge in [0.2, 0.25) is 0 Å². The molecule has 0 saturated heterocycles. The molecule has 2 heterocycles. The highest BCUT2D eigenvalue weighted by Crippen LogP contribution is 2.28. The van der Waals surface area contributed by atoms with Crippen LogP contribution < -0.4 is 0 Å². The van der Waals surface area contributed by atoms with Gasteiger partial charge in [-0.05, 0) is 37.1 Å². The van der Waals surface area contributed by atoms with Gasteiger partial charge in [0.25, 0.3) is 0 Å². The molecule has 2 nitrogen and oxygen atoms in total. The van der Waals surface area contributed by atoms with Gasteiger partial charge in [-0.3, -0.25) is 4.98 Å². The molecule has 16 heavy (non-hydrogen) atoms. The van der Waals surface area contributed by atoms with Gasteiger partial charge >= 0.3 is 0 Å². The molecular weight excluding hydrogens is 218 g/mol. The molecule has 1 N–H and O–H groups in total. The standard InChI is InChI=1S/C13H15NOS/c1-9-6-12(10(2)16-9)13(15)7-11-4-3-5-14-8-11/h3-6,8,13,15H,7H2,1-2H3. The van der Waals surface area contributed by atoms with Gasteiger partial charge in [0, 0.05) is 28.6 Å². The summed E-state index contributed by atoms with van der Waals surface area (Å²) in [6, 6.07) is 5.96. The zero-order valence-corrected chi connectivity index (χ0v) is 10.3. The van der Waals surface area contributed by atoms with Crippen molar-refractivity contribution in [2.45, 2.75) is 26.4 Å². The predicted molar refractivity (Wildman–Crippen MR) is 66.7 cm³/mol. The van der Waals surface area contributed by atoms with Crippen molar-refractivity contribution < 1.29 is 5.11 Å². The number of nitrogens with zero attached hydrogens (tertiary/aromatic N) is 1. The second-order valence-corrected chi connectivity index (χ2v) is 5.41. The molecule has 0 aliphatic carbocycles. The minimum absolute atomic E-state index is 0.422. The molecule has 0 bridgehead atoms. The van der Waals surface area contributed by atoms with E-state index in [4.69, 9.17) is 0 Å². The lowest BCUT2D eigenvalue weighted by molar-refractivity contribution is 0.178. The zero-order chi connectivity index (χ0) is 11.5. The van der Waals surface area contributed by atoms with E-state index in [1.165, 1.54) is 9.75 Å². The van der Waals surface area contributed by atoms with Crippen LogP contribution in [-0.2, 0) is 6.42 Å². The summed E-state index contributed by atoms with van der Waals surface area (Å²) >= 11 is 1.73. The Labute approximate surface area is 99.6 Å². The van der Waals surface area contributed by atoms with Gasteiger partial charge in [0.1, 0.15) is 0 Å². The van der Waals surface area contributed by atoms with Crippen molar-refractivity contribution in [3.8, 4) is 0 Å². The predicted octanol–water partition coefficient (Wildman–Crippen LogP) is 3.04. The monoisotopic (exact) mass is 233 g/mol. The molecule has 0 radical (unpaired) electrons. The van der Waals surface area contributed by atoms with E-state index in [1.54, 1.807) is 23.7 Å². The molecule has 2 rings (SSSR count). The van der Waals surface area contributed by atoms with E-state index in [9.17, 15) is 5.11 Å². The summed E-state index contributed by atoms with van der Waals surface area (Å²) in [5.41, 5.74) is 2.12. The fourth-order valence-electron chi connectivity index (χ4n) is 1.83. The van der Waals surface area contributed by atoms with Gasteiger partial charge in [0.05, 0.1) is 6.10 Å². The summed E-state index contributed by atoms with van der Waals surface area (Å²) < 4.78 is 0. The first kappa shape index (κ1) is 11.3. The summed E-state index contributed by atoms with van der Waals surface area (Å²) in [4.78, 5) is 6.50. The number of aliphatic hydroxyl groups is 1. The molecule has 0 amide bonds. The molecule has 2 aromatic heterocycles. The van der Waals surface area contributed by atoms with E-state index in [1.807, 2.05) is 12.1 Å². The van der Waals surface area contributed by atoms with E-state index in [0.29, 0.717) is 6.42 Å². The minimum Gasteiger partial charge on any atom is -0.388 e. The molecule has 1 unspecified atom stereocenters. The maximum atomic E-state index is 10.1. The van der Waals surface area contributed by atoms with Crippen molar-refractivity contribution in [3.05, 3.63) is 51.5 Å². The Balaban J connectivity index is 2.14. The number of hydrogen-bond donors (Lipinski definition) is 1. The van der Waals surface area contributed by atoms with Gasteiger partial charge in [0.15, 0.2) is 0 Å². The van der Waals surface area contributed by atoms with Gasteiger partial charge in [-0.2, -0.15) is 0 Å². The van der Waals surface area contributed by atoms with Crippen LogP contribution in [0.3, 0.4) is 0 Å². The van der Waals surface area contributed by atoms with Crippen molar-refractivity contribution in [1.82, 2.24) is 4.98 Å². The molecule has 0 spiro atoms. The first-order chi connectivity index (χ1) is 7.66. The van der Waals surface area contributed by atoms with Crippen LogP contribution in [-0.4, -0.2) is 10.1 Å². The summed E-state index contributed by atoms with van der Waals surface area (Å²) in [7, 11) is 0. The van der Waals surface area contributed by atoms with Crippen molar-refractivity contribution in [3.63, 3.8) is 0 Å². The van der Waals surface area contributed by atoms with Crippen LogP contribution >= 0.6 is 11.3 Å². The number of pyridine rings is 1. The Hall–Kier alpha value is -1.19. The van der Waals surface area contributed by atoms with Crippen molar-refractivity contribution in [2.24, 2.45) is 0 Å². The summed E-state index contributed by atoms with van der Waals surface area (Å²) in [5, 5.41) is 10.1. The fraction of sp³-hybridized carbons (Fsp3) is 0.308. The lowest BCUT2D eigenvalue weighted by Crippen LogP contribution is -2.02. The minimum atomic E-state index is -0.422. The van der Waals surface area contributed by atoms with Crippen molar-refractivity contribution >= 4 is 11.3 Å². The van der Waals surface area contributed by atoms with E-state index in [2.05, 4.69) is 24.9 Å². The van der Waals surface area contributed by atoms with Crippen LogP contribution in [0.4, 0.5) is 0 Å². The van der Waals surface area contributed by atoms with Crippen LogP contribution in [0.2, 0.25) is 0 Å². The second-order valence-electron chi connectivity index (χ2n) is 3.95. The highest BCUT2D eigenvalue weighted by Gasteiger charge is 2.13. The van der Waals surface area contributed by atoms with Gasteiger partial charge in [-0.15, -0.1) is 11.3 Å². The number of thiophene rings is 1. The Kier molecular flexibility index (Phi) is 3.36. The Bertz CT molecular complexity index is 464. The molecule has 2 aromatic rings. The Morgan fingerprint density at radius 2 is 2.25 bits per heavy atom. The van der Waals surface area contributed by atoms with Crippen LogP contribution in [0.15, 0.2) is 30.6 Å². The first-order valence-electron chi connectivity index (χ1n) is 5.30. The summed E-state index contributed by atoms with van der Waals surface area (Å²) in [6.45, 7) is 4.12. The summed E-state index contributed by atoms with van der Waals surface area (Å²) in [6.07, 6.45) is 3.76. The Morgan fingerprint density at radius 1 is 1.44 bits per heavy atom. The third-order valence-electron chi connectivity index (χ3n) is 2.59. The van der Waals surface area contributed by atoms with E-state index in [-0.39, 0.29) is 0 Å². The average Bonchev–Trinajstić information content (AvgIpc) is 2.59. The quantitative estimate of drug-likeness (QED) is 0.884. The van der Waals surface area contributed by atoms with Crippen molar-refractivity contribution in [2.75, 3.05) is 0 Å². The maximum Gasteiger partial charge on any atom is 0.0841 e. The zero-order valence-electron chi connectivity index (χ0n) is 9.47. The number of rotatable bonds is 3. The molecule has 0 aromatic carbocycles. The molecule has 0 saturated carbocycles. The van der Waals surface area contributed by atoms with Gasteiger partial charge in [-0.1, -0.05) is 6.07 Å². The third kappa shape index (κ3) is 2.49. The van der Waals surface area contributed by atoms with Gasteiger partial charge < -0.3 is 5.11 Å². The Morgan fingerprint density at radius 3 is 2.81 bits per heavy atom. The van der Waals surface area contributed by atoms with Crippen LogP contribution in [0.25, 0.3) is 0 Å². The molecule has 1 atom stereocenters. The maximum absolute atomic E-state index is 10.1. The van der Waals surface area contributed by atoms with E-state index >= 15 is 0 Å². The number of hydrogen-bond acceptors (Lipinski definition) is 3. The average molecular weight is 233 g/mol. The SMILES string of the molecule is Cc1cc(C(O)Cc2cccnc2)c(C)s1. The number of aliphatic hydroxyl groups excluding tert-OH is 1. The normalized spacial score (nSPS) is 12.7. The van der Waals surface area contributed by atoms with Crippen LogP contribution in [0, 0.1) is 13.8 Å². The molecule has 84 valence electrons. The fourth-order valence-corrected chi connectivity index (χ4v) is 2.82.